The molecule has 0 radical (unpaired) electrons. The lowest BCUT2D eigenvalue weighted by atomic mass is 10.2. The molecule has 0 unspecified atom stereocenters. The number of nitrogens with zero attached hydrogens (tertiary/aromatic N) is 3. The second kappa shape index (κ2) is 9.55. The van der Waals surface area contributed by atoms with Crippen molar-refractivity contribution in [3.63, 3.8) is 0 Å². The maximum atomic E-state index is 12.3. The van der Waals surface area contributed by atoms with Gasteiger partial charge in [-0.15, -0.1) is 10.2 Å². The lowest BCUT2D eigenvalue weighted by molar-refractivity contribution is -0.113. The molecule has 31 heavy (non-hydrogen) atoms. The van der Waals surface area contributed by atoms with Crippen molar-refractivity contribution in [1.29, 1.82) is 0 Å². The minimum atomic E-state index is -0.191. The lowest BCUT2D eigenvalue weighted by Gasteiger charge is -2.08. The fourth-order valence-corrected chi connectivity index (χ4v) is 3.64. The molecule has 0 bridgehead atoms. The first-order chi connectivity index (χ1) is 15.1. The molecular weight excluding hydrogens is 434 g/mol. The Morgan fingerprint density at radius 3 is 2.39 bits per heavy atom. The molecule has 1 heterocycles. The van der Waals surface area contributed by atoms with Gasteiger partial charge in [0, 0.05) is 11.3 Å². The third kappa shape index (κ3) is 5.17. The zero-order valence-corrected chi connectivity index (χ0v) is 17.8. The van der Waals surface area contributed by atoms with Gasteiger partial charge in [-0.25, -0.2) is 4.68 Å². The number of carbonyl (C=O) groups excluding carboxylic acids is 1. The summed E-state index contributed by atoms with van der Waals surface area (Å²) in [4.78, 5) is 12.3. The van der Waals surface area contributed by atoms with E-state index in [1.54, 1.807) is 30.3 Å². The van der Waals surface area contributed by atoms with Crippen LogP contribution in [0.25, 0.3) is 11.4 Å². The van der Waals surface area contributed by atoms with Crippen molar-refractivity contribution in [2.45, 2.75) is 5.16 Å². The van der Waals surface area contributed by atoms with Crippen molar-refractivity contribution >= 4 is 35.0 Å². The number of hydrogen-bond donors (Lipinski definition) is 2. The third-order valence-corrected chi connectivity index (χ3v) is 5.50. The van der Waals surface area contributed by atoms with E-state index in [0.29, 0.717) is 33.0 Å². The molecule has 0 fully saturated rings. The minimum absolute atomic E-state index is 0.125. The smallest absolute Gasteiger partial charge is 0.234 e. The predicted molar refractivity (Wildman–Crippen MR) is 123 cm³/mol. The third-order valence-electron chi connectivity index (χ3n) is 4.23. The Hall–Kier alpha value is -3.49. The van der Waals surface area contributed by atoms with Crippen LogP contribution in [-0.4, -0.2) is 26.5 Å². The molecule has 0 saturated carbocycles. The van der Waals surface area contributed by atoms with Crippen molar-refractivity contribution in [2.75, 3.05) is 16.9 Å². The number of carbonyl (C=O) groups is 1. The summed E-state index contributed by atoms with van der Waals surface area (Å²) in [6.07, 6.45) is 0. The van der Waals surface area contributed by atoms with Crippen LogP contribution in [-0.2, 0) is 4.79 Å². The summed E-state index contributed by atoms with van der Waals surface area (Å²) in [7, 11) is 0. The molecule has 3 aromatic carbocycles. The van der Waals surface area contributed by atoms with E-state index in [2.05, 4.69) is 15.5 Å². The summed E-state index contributed by atoms with van der Waals surface area (Å²) in [5.41, 5.74) is 1.34. The molecule has 4 rings (SSSR count). The Morgan fingerprint density at radius 1 is 0.968 bits per heavy atom. The standard InChI is InChI=1S/C22H18ClN5O2S/c23-19-9-5-4-8-18(19)21-26-27-22(28(21)24)31-14-20(29)25-15-10-12-17(13-11-15)30-16-6-2-1-3-7-16/h1-13H,14,24H2,(H,25,29). The highest BCUT2D eigenvalue weighted by molar-refractivity contribution is 7.99. The van der Waals surface area contributed by atoms with Gasteiger partial charge in [-0.1, -0.05) is 53.7 Å². The number of rotatable bonds is 7. The molecule has 0 aliphatic carbocycles. The monoisotopic (exact) mass is 451 g/mol. The van der Waals surface area contributed by atoms with Crippen LogP contribution in [0.5, 0.6) is 11.5 Å². The number of nitrogen functional groups attached to an aromatic ring is 1. The van der Waals surface area contributed by atoms with Gasteiger partial charge in [-0.05, 0) is 48.5 Å². The summed E-state index contributed by atoms with van der Waals surface area (Å²) < 4.78 is 7.07. The van der Waals surface area contributed by atoms with Gasteiger partial charge in [0.2, 0.25) is 11.1 Å². The highest BCUT2D eigenvalue weighted by Gasteiger charge is 2.15. The molecule has 0 spiro atoms. The fraction of sp³-hybridized carbons (Fsp3) is 0.0455. The van der Waals surface area contributed by atoms with Gasteiger partial charge in [-0.3, -0.25) is 4.79 Å². The Labute approximate surface area is 188 Å². The molecule has 1 amide bonds. The molecule has 1 aromatic heterocycles. The van der Waals surface area contributed by atoms with E-state index in [1.807, 2.05) is 48.5 Å². The Morgan fingerprint density at radius 2 is 1.65 bits per heavy atom. The normalized spacial score (nSPS) is 10.6. The zero-order valence-electron chi connectivity index (χ0n) is 16.2. The summed E-state index contributed by atoms with van der Waals surface area (Å²) >= 11 is 7.38. The average Bonchev–Trinajstić information content (AvgIpc) is 3.15. The van der Waals surface area contributed by atoms with Gasteiger partial charge in [0.15, 0.2) is 5.82 Å². The van der Waals surface area contributed by atoms with Gasteiger partial charge >= 0.3 is 0 Å². The summed E-state index contributed by atoms with van der Waals surface area (Å²) in [5.74, 6) is 7.89. The first kappa shape index (κ1) is 20.8. The highest BCUT2D eigenvalue weighted by atomic mass is 35.5. The molecule has 3 N–H and O–H groups in total. The van der Waals surface area contributed by atoms with Gasteiger partial charge in [-0.2, -0.15) is 0 Å². The number of thioether (sulfide) groups is 1. The highest BCUT2D eigenvalue weighted by Crippen LogP contribution is 2.28. The average molecular weight is 452 g/mol. The number of para-hydroxylation sites is 1. The predicted octanol–water partition coefficient (Wildman–Crippen LogP) is 4.84. The van der Waals surface area contributed by atoms with Crippen LogP contribution < -0.4 is 15.9 Å². The molecule has 4 aromatic rings. The first-order valence-corrected chi connectivity index (χ1v) is 10.7. The number of nitrogens with two attached hydrogens (primary N) is 1. The first-order valence-electron chi connectivity index (χ1n) is 9.31. The van der Waals surface area contributed by atoms with E-state index >= 15 is 0 Å². The van der Waals surface area contributed by atoms with E-state index in [1.165, 1.54) is 16.4 Å². The van der Waals surface area contributed by atoms with Crippen molar-refractivity contribution in [3.8, 4) is 22.9 Å². The van der Waals surface area contributed by atoms with Crippen LogP contribution in [0.1, 0.15) is 0 Å². The number of benzene rings is 3. The summed E-state index contributed by atoms with van der Waals surface area (Å²) in [5, 5.41) is 11.9. The second-order valence-electron chi connectivity index (χ2n) is 6.43. The topological polar surface area (TPSA) is 95.1 Å². The molecular formula is C22H18ClN5O2S. The zero-order chi connectivity index (χ0) is 21.6. The van der Waals surface area contributed by atoms with Crippen LogP contribution in [0.2, 0.25) is 5.02 Å². The maximum Gasteiger partial charge on any atom is 0.234 e. The Balaban J connectivity index is 1.33. The van der Waals surface area contributed by atoms with E-state index in [-0.39, 0.29) is 11.7 Å². The van der Waals surface area contributed by atoms with E-state index < -0.39 is 0 Å². The minimum Gasteiger partial charge on any atom is -0.457 e. The molecule has 0 aliphatic rings. The number of anilines is 1. The van der Waals surface area contributed by atoms with Crippen molar-refractivity contribution in [1.82, 2.24) is 14.9 Å². The molecule has 0 saturated heterocycles. The molecule has 7 nitrogen and oxygen atoms in total. The number of amides is 1. The van der Waals surface area contributed by atoms with Gasteiger partial charge in [0.25, 0.3) is 0 Å². The molecule has 0 aliphatic heterocycles. The number of ether oxygens (including phenoxy) is 1. The van der Waals surface area contributed by atoms with Gasteiger partial charge < -0.3 is 15.9 Å². The number of aromatic nitrogens is 3. The van der Waals surface area contributed by atoms with E-state index in [0.717, 1.165) is 5.75 Å². The number of hydrogen-bond acceptors (Lipinski definition) is 6. The van der Waals surface area contributed by atoms with Crippen LogP contribution in [0.3, 0.4) is 0 Å². The van der Waals surface area contributed by atoms with E-state index in [4.69, 9.17) is 22.2 Å². The van der Waals surface area contributed by atoms with Crippen LogP contribution >= 0.6 is 23.4 Å². The lowest BCUT2D eigenvalue weighted by Crippen LogP contribution is -2.16. The van der Waals surface area contributed by atoms with Gasteiger partial charge in [0.1, 0.15) is 11.5 Å². The van der Waals surface area contributed by atoms with Crippen molar-refractivity contribution < 1.29 is 9.53 Å². The molecule has 0 atom stereocenters. The summed E-state index contributed by atoms with van der Waals surface area (Å²) in [6.45, 7) is 0. The number of halogens is 1. The van der Waals surface area contributed by atoms with Crippen molar-refractivity contribution in [3.05, 3.63) is 83.9 Å². The van der Waals surface area contributed by atoms with Crippen LogP contribution in [0, 0.1) is 0 Å². The SMILES string of the molecule is Nn1c(SCC(=O)Nc2ccc(Oc3ccccc3)cc2)nnc1-c1ccccc1Cl. The van der Waals surface area contributed by atoms with Gasteiger partial charge in [0.05, 0.1) is 10.8 Å². The number of nitrogens with one attached hydrogen (secondary N) is 1. The summed E-state index contributed by atoms with van der Waals surface area (Å²) in [6, 6.07) is 23.9. The Bertz CT molecular complexity index is 1180. The molecule has 156 valence electrons. The van der Waals surface area contributed by atoms with Crippen molar-refractivity contribution in [2.24, 2.45) is 0 Å². The Kier molecular flexibility index (Phi) is 6.40. The van der Waals surface area contributed by atoms with Crippen LogP contribution in [0.15, 0.2) is 84.0 Å². The fourth-order valence-electron chi connectivity index (χ4n) is 2.76. The molecule has 9 heteroatoms. The maximum absolute atomic E-state index is 12.3. The quantitative estimate of drug-likeness (QED) is 0.308. The van der Waals surface area contributed by atoms with Crippen LogP contribution in [0.4, 0.5) is 5.69 Å². The van der Waals surface area contributed by atoms with E-state index in [9.17, 15) is 4.79 Å². The second-order valence-corrected chi connectivity index (χ2v) is 7.78. The largest absolute Gasteiger partial charge is 0.457 e.